The van der Waals surface area contributed by atoms with Crippen LogP contribution in [0.2, 0.25) is 0 Å². The fourth-order valence-electron chi connectivity index (χ4n) is 1.11. The van der Waals surface area contributed by atoms with Gasteiger partial charge in [-0.05, 0) is 12.8 Å². The fourth-order valence-corrected chi connectivity index (χ4v) is 2.12. The quantitative estimate of drug-likeness (QED) is 0.716. The van der Waals surface area contributed by atoms with Crippen LogP contribution in [0.15, 0.2) is 0 Å². The summed E-state index contributed by atoms with van der Waals surface area (Å²) in [4.78, 5) is 8.05. The molecule has 0 saturated heterocycles. The molecule has 1 aromatic heterocycles. The Kier molecular flexibility index (Phi) is 3.09. The number of hydrogen-bond donors (Lipinski definition) is 0. The lowest BCUT2D eigenvalue weighted by Gasteiger charge is -2.05. The molecule has 0 aliphatic carbocycles. The van der Waals surface area contributed by atoms with Crippen molar-refractivity contribution in [1.82, 2.24) is 4.98 Å². The Hall–Kier alpha value is -0.570. The normalized spacial score (nSPS) is 10.3. The summed E-state index contributed by atoms with van der Waals surface area (Å²) in [6.45, 7) is 4.35. The average molecular weight is 184 g/mol. The molecule has 0 aliphatic heterocycles. The first-order chi connectivity index (χ1) is 5.69. The monoisotopic (exact) mass is 184 g/mol. The number of hydrogen-bond acceptors (Lipinski definition) is 3. The van der Waals surface area contributed by atoms with Gasteiger partial charge < -0.3 is 4.90 Å². The molecule has 1 rings (SSSR count). The molecule has 0 aromatic carbocycles. The average Bonchev–Trinajstić information content (AvgIpc) is 2.46. The highest BCUT2D eigenvalue weighted by Gasteiger charge is 2.08. The van der Waals surface area contributed by atoms with Gasteiger partial charge in [-0.15, -0.1) is 11.3 Å². The molecule has 12 heavy (non-hydrogen) atoms. The van der Waals surface area contributed by atoms with Crippen molar-refractivity contribution in [3.8, 4) is 0 Å². The molecule has 0 saturated carbocycles. The zero-order chi connectivity index (χ0) is 9.14. The first-order valence-electron chi connectivity index (χ1n) is 4.34. The summed E-state index contributed by atoms with van der Waals surface area (Å²) in [7, 11) is 4.08. The van der Waals surface area contributed by atoms with Crippen LogP contribution in [0.3, 0.4) is 0 Å². The van der Waals surface area contributed by atoms with E-state index in [4.69, 9.17) is 0 Å². The van der Waals surface area contributed by atoms with Gasteiger partial charge in [-0.2, -0.15) is 0 Å². The summed E-state index contributed by atoms with van der Waals surface area (Å²) in [5.74, 6) is 0. The van der Waals surface area contributed by atoms with Gasteiger partial charge in [0, 0.05) is 19.0 Å². The van der Waals surface area contributed by atoms with Crippen molar-refractivity contribution < 1.29 is 0 Å². The van der Waals surface area contributed by atoms with Crippen LogP contribution in [0.25, 0.3) is 0 Å². The second-order valence-corrected chi connectivity index (χ2v) is 4.03. The summed E-state index contributed by atoms with van der Waals surface area (Å²) in [6.07, 6.45) is 2.15. The van der Waals surface area contributed by atoms with Gasteiger partial charge in [-0.1, -0.05) is 13.8 Å². The first-order valence-corrected chi connectivity index (χ1v) is 5.16. The van der Waals surface area contributed by atoms with Crippen molar-refractivity contribution in [1.29, 1.82) is 0 Å². The number of nitrogens with zero attached hydrogens (tertiary/aromatic N) is 2. The van der Waals surface area contributed by atoms with E-state index < -0.39 is 0 Å². The molecule has 68 valence electrons. The lowest BCUT2D eigenvalue weighted by molar-refractivity contribution is 0.989. The minimum absolute atomic E-state index is 1.05. The zero-order valence-corrected chi connectivity index (χ0v) is 9.03. The number of aromatic nitrogens is 1. The highest BCUT2D eigenvalue weighted by atomic mass is 32.1. The third kappa shape index (κ3) is 1.78. The van der Waals surface area contributed by atoms with E-state index in [0.717, 1.165) is 18.0 Å². The van der Waals surface area contributed by atoms with Crippen LogP contribution in [0.5, 0.6) is 0 Å². The van der Waals surface area contributed by atoms with Gasteiger partial charge in [0.05, 0.1) is 5.69 Å². The second kappa shape index (κ2) is 3.90. The lowest BCUT2D eigenvalue weighted by Crippen LogP contribution is -2.07. The fraction of sp³-hybridized carbons (Fsp3) is 0.667. The molecule has 0 fully saturated rings. The van der Waals surface area contributed by atoms with E-state index in [1.54, 1.807) is 11.3 Å². The highest BCUT2D eigenvalue weighted by molar-refractivity contribution is 7.15. The summed E-state index contributed by atoms with van der Waals surface area (Å²) in [6, 6.07) is 0. The molecule has 0 bridgehead atoms. The van der Waals surface area contributed by atoms with Crippen LogP contribution in [-0.4, -0.2) is 19.1 Å². The van der Waals surface area contributed by atoms with E-state index in [9.17, 15) is 0 Å². The lowest BCUT2D eigenvalue weighted by atomic mass is 10.2. The van der Waals surface area contributed by atoms with Gasteiger partial charge >= 0.3 is 0 Å². The number of rotatable bonds is 3. The van der Waals surface area contributed by atoms with Crippen LogP contribution in [0.4, 0.5) is 5.13 Å². The van der Waals surface area contributed by atoms with E-state index in [-0.39, 0.29) is 0 Å². The molecule has 0 N–H and O–H groups in total. The van der Waals surface area contributed by atoms with Gasteiger partial charge in [0.25, 0.3) is 0 Å². The van der Waals surface area contributed by atoms with Crippen molar-refractivity contribution in [2.24, 2.45) is 0 Å². The van der Waals surface area contributed by atoms with Gasteiger partial charge in [-0.25, -0.2) is 4.98 Å². The molecule has 2 nitrogen and oxygen atoms in total. The smallest absolute Gasteiger partial charge is 0.185 e. The van der Waals surface area contributed by atoms with Crippen molar-refractivity contribution >= 4 is 16.5 Å². The molecule has 0 amide bonds. The standard InChI is InChI=1S/C9H16N2S/c1-5-7-8(6-2)12-9(10-7)11(3)4/h5-6H2,1-4H3. The Balaban J connectivity index is 2.97. The van der Waals surface area contributed by atoms with Crippen molar-refractivity contribution in [3.63, 3.8) is 0 Å². The Labute approximate surface area is 78.2 Å². The van der Waals surface area contributed by atoms with Gasteiger partial charge in [0.15, 0.2) is 5.13 Å². The van der Waals surface area contributed by atoms with Crippen molar-refractivity contribution in [3.05, 3.63) is 10.6 Å². The third-order valence-electron chi connectivity index (χ3n) is 1.81. The Morgan fingerprint density at radius 2 is 1.92 bits per heavy atom. The predicted molar refractivity (Wildman–Crippen MR) is 55.2 cm³/mol. The van der Waals surface area contributed by atoms with Crippen molar-refractivity contribution in [2.75, 3.05) is 19.0 Å². The minimum Gasteiger partial charge on any atom is -0.354 e. The van der Waals surface area contributed by atoms with E-state index in [2.05, 4.69) is 23.7 Å². The summed E-state index contributed by atoms with van der Waals surface area (Å²) >= 11 is 1.81. The van der Waals surface area contributed by atoms with Crippen LogP contribution >= 0.6 is 11.3 Å². The van der Waals surface area contributed by atoms with E-state index in [1.807, 2.05) is 14.1 Å². The van der Waals surface area contributed by atoms with Crippen LogP contribution in [0.1, 0.15) is 24.4 Å². The van der Waals surface area contributed by atoms with Crippen LogP contribution in [-0.2, 0) is 12.8 Å². The molecule has 0 atom stereocenters. The van der Waals surface area contributed by atoms with Gasteiger partial charge in [0.2, 0.25) is 0 Å². The molecular weight excluding hydrogens is 168 g/mol. The second-order valence-electron chi connectivity index (χ2n) is 2.97. The Morgan fingerprint density at radius 3 is 2.25 bits per heavy atom. The maximum Gasteiger partial charge on any atom is 0.185 e. The molecule has 0 spiro atoms. The maximum atomic E-state index is 4.54. The third-order valence-corrected chi connectivity index (χ3v) is 3.22. The van der Waals surface area contributed by atoms with Gasteiger partial charge in [-0.3, -0.25) is 0 Å². The maximum absolute atomic E-state index is 4.54. The Morgan fingerprint density at radius 1 is 1.25 bits per heavy atom. The number of thiazole rings is 1. The summed E-state index contributed by atoms with van der Waals surface area (Å²) < 4.78 is 0. The first kappa shape index (κ1) is 9.52. The molecule has 1 aromatic rings. The molecule has 0 unspecified atom stereocenters. The highest BCUT2D eigenvalue weighted by Crippen LogP contribution is 2.25. The van der Waals surface area contributed by atoms with Gasteiger partial charge in [0.1, 0.15) is 0 Å². The number of anilines is 1. The van der Waals surface area contributed by atoms with E-state index in [1.165, 1.54) is 10.6 Å². The van der Waals surface area contributed by atoms with E-state index >= 15 is 0 Å². The molecule has 1 heterocycles. The predicted octanol–water partition coefficient (Wildman–Crippen LogP) is 2.33. The van der Waals surface area contributed by atoms with Crippen LogP contribution in [0, 0.1) is 0 Å². The molecular formula is C9H16N2S. The van der Waals surface area contributed by atoms with Crippen LogP contribution < -0.4 is 4.90 Å². The summed E-state index contributed by atoms with van der Waals surface area (Å²) in [5.41, 5.74) is 1.27. The number of aryl methyl sites for hydroxylation is 2. The minimum atomic E-state index is 1.05. The molecule has 0 aliphatic rings. The van der Waals surface area contributed by atoms with Crippen molar-refractivity contribution in [2.45, 2.75) is 26.7 Å². The largest absolute Gasteiger partial charge is 0.354 e. The summed E-state index contributed by atoms with van der Waals surface area (Å²) in [5, 5.41) is 1.13. The zero-order valence-electron chi connectivity index (χ0n) is 8.22. The van der Waals surface area contributed by atoms with E-state index in [0.29, 0.717) is 0 Å². The Bertz CT molecular complexity index is 232. The SMILES string of the molecule is CCc1nc(N(C)C)sc1CC. The molecule has 3 heteroatoms. The topological polar surface area (TPSA) is 16.1 Å². The molecule has 0 radical (unpaired) electrons.